The highest BCUT2D eigenvalue weighted by Crippen LogP contribution is 2.23. The summed E-state index contributed by atoms with van der Waals surface area (Å²) in [6, 6.07) is 9.46. The molecule has 0 unspecified atom stereocenters. The number of rotatable bonds is 6. The number of hydrogen-bond donors (Lipinski definition) is 1. The van der Waals surface area contributed by atoms with E-state index < -0.39 is 11.7 Å². The van der Waals surface area contributed by atoms with Gasteiger partial charge in [0.2, 0.25) is 0 Å². The lowest BCUT2D eigenvalue weighted by atomic mass is 10.1. The van der Waals surface area contributed by atoms with E-state index in [9.17, 15) is 9.59 Å². The molecule has 1 aromatic heterocycles. The molecule has 0 spiro atoms. The van der Waals surface area contributed by atoms with E-state index in [0.29, 0.717) is 18.5 Å². The number of amides is 1. The molecule has 2 rings (SSSR count). The van der Waals surface area contributed by atoms with E-state index in [0.717, 1.165) is 16.5 Å². The molecule has 0 aliphatic carbocycles. The summed E-state index contributed by atoms with van der Waals surface area (Å²) in [7, 11) is 0. The summed E-state index contributed by atoms with van der Waals surface area (Å²) in [4.78, 5) is 24.6. The highest BCUT2D eigenvalue weighted by Gasteiger charge is 2.17. The Kier molecular flexibility index (Phi) is 7.15. The van der Waals surface area contributed by atoms with Crippen molar-refractivity contribution in [2.24, 2.45) is 0 Å². The summed E-state index contributed by atoms with van der Waals surface area (Å²) in [5.41, 5.74) is 1.45. The van der Waals surface area contributed by atoms with Crippen LogP contribution in [0.4, 0.5) is 4.79 Å². The molecule has 0 aliphatic heterocycles. The predicted octanol–water partition coefficient (Wildman–Crippen LogP) is 4.54. The molecule has 0 radical (unpaired) electrons. The van der Waals surface area contributed by atoms with Crippen molar-refractivity contribution >= 4 is 22.9 Å². The molecule has 2 aromatic rings. The molecule has 6 nitrogen and oxygen atoms in total. The van der Waals surface area contributed by atoms with Gasteiger partial charge in [0.25, 0.3) is 5.91 Å². The minimum atomic E-state index is -0.553. The quantitative estimate of drug-likeness (QED) is 0.445. The molecule has 29 heavy (non-hydrogen) atoms. The molecule has 6 heteroatoms. The van der Waals surface area contributed by atoms with Crippen LogP contribution in [0.3, 0.4) is 0 Å². The zero-order chi connectivity index (χ0) is 21.4. The second-order valence-electron chi connectivity index (χ2n) is 7.40. The van der Waals surface area contributed by atoms with Crippen LogP contribution < -0.4 is 5.32 Å². The van der Waals surface area contributed by atoms with Gasteiger partial charge in [-0.15, -0.1) is 0 Å². The van der Waals surface area contributed by atoms with Crippen molar-refractivity contribution in [1.29, 1.82) is 5.26 Å². The average Bonchev–Trinajstić information content (AvgIpc) is 3.02. The number of carbonyl (C=O) groups is 2. The summed E-state index contributed by atoms with van der Waals surface area (Å²) in [6.07, 6.45) is 7.87. The van der Waals surface area contributed by atoms with Crippen molar-refractivity contribution in [3.05, 3.63) is 72.5 Å². The Balaban J connectivity index is 2.16. The fourth-order valence-corrected chi connectivity index (χ4v) is 2.73. The largest absolute Gasteiger partial charge is 0.444 e. The van der Waals surface area contributed by atoms with Crippen molar-refractivity contribution in [1.82, 2.24) is 9.88 Å². The third-order valence-electron chi connectivity index (χ3n) is 3.93. The molecule has 1 aromatic carbocycles. The van der Waals surface area contributed by atoms with Crippen LogP contribution in [-0.4, -0.2) is 28.7 Å². The first-order valence-corrected chi connectivity index (χ1v) is 9.25. The normalized spacial score (nSPS) is 11.7. The summed E-state index contributed by atoms with van der Waals surface area (Å²) in [5, 5.41) is 12.2. The van der Waals surface area contributed by atoms with Crippen LogP contribution in [0, 0.1) is 11.3 Å². The van der Waals surface area contributed by atoms with E-state index in [-0.39, 0.29) is 5.91 Å². The predicted molar refractivity (Wildman–Crippen MR) is 114 cm³/mol. The Hall–Kier alpha value is -3.59. The maximum atomic E-state index is 12.8. The van der Waals surface area contributed by atoms with E-state index in [1.165, 1.54) is 6.08 Å². The van der Waals surface area contributed by atoms with Gasteiger partial charge >= 0.3 is 6.09 Å². The topological polar surface area (TPSA) is 84.1 Å². The number of nitriles is 1. The second kappa shape index (κ2) is 9.56. The Morgan fingerprint density at radius 2 is 2.00 bits per heavy atom. The van der Waals surface area contributed by atoms with Gasteiger partial charge in [-0.2, -0.15) is 5.26 Å². The maximum Gasteiger partial charge on any atom is 0.407 e. The van der Waals surface area contributed by atoms with Crippen molar-refractivity contribution in [2.45, 2.75) is 32.8 Å². The Bertz CT molecular complexity index is 1010. The van der Waals surface area contributed by atoms with Gasteiger partial charge in [0.1, 0.15) is 5.60 Å². The number of aromatic nitrogens is 1. The van der Waals surface area contributed by atoms with E-state index in [4.69, 9.17) is 10.00 Å². The van der Waals surface area contributed by atoms with Crippen molar-refractivity contribution < 1.29 is 14.3 Å². The molecule has 0 fully saturated rings. The number of hydrogen-bond acceptors (Lipinski definition) is 4. The van der Waals surface area contributed by atoms with E-state index in [1.54, 1.807) is 29.0 Å². The van der Waals surface area contributed by atoms with Gasteiger partial charge < -0.3 is 10.1 Å². The number of alkyl carbamates (subject to hydrolysis) is 1. The lowest BCUT2D eigenvalue weighted by molar-refractivity contribution is 0.0528. The van der Waals surface area contributed by atoms with Crippen LogP contribution in [0.1, 0.15) is 31.1 Å². The highest BCUT2D eigenvalue weighted by molar-refractivity contribution is 6.04. The van der Waals surface area contributed by atoms with Gasteiger partial charge in [-0.1, -0.05) is 43.0 Å². The molecule has 0 aliphatic rings. The fourth-order valence-electron chi connectivity index (χ4n) is 2.73. The molecule has 150 valence electrons. The zero-order valence-corrected chi connectivity index (χ0v) is 16.9. The van der Waals surface area contributed by atoms with Gasteiger partial charge in [-0.25, -0.2) is 4.79 Å². The molecular formula is C23H25N3O3. The lowest BCUT2D eigenvalue weighted by Gasteiger charge is -2.19. The van der Waals surface area contributed by atoms with Gasteiger partial charge in [0.15, 0.2) is 0 Å². The third-order valence-corrected chi connectivity index (χ3v) is 3.93. The maximum absolute atomic E-state index is 12.8. The third kappa shape index (κ3) is 6.22. The number of ether oxygens (including phenoxy) is 1. The van der Waals surface area contributed by atoms with Gasteiger partial charge in [0.05, 0.1) is 11.6 Å². The van der Waals surface area contributed by atoms with E-state index in [1.807, 2.05) is 51.1 Å². The van der Waals surface area contributed by atoms with Crippen molar-refractivity contribution in [3.8, 4) is 6.07 Å². The van der Waals surface area contributed by atoms with Crippen LogP contribution in [-0.2, 0) is 11.2 Å². The van der Waals surface area contributed by atoms with Crippen LogP contribution >= 0.6 is 0 Å². The molecular weight excluding hydrogens is 366 g/mol. The molecule has 1 heterocycles. The minimum absolute atomic E-state index is 0.255. The lowest BCUT2D eigenvalue weighted by Crippen LogP contribution is -2.33. The highest BCUT2D eigenvalue weighted by atomic mass is 16.6. The minimum Gasteiger partial charge on any atom is -0.444 e. The summed E-state index contributed by atoms with van der Waals surface area (Å²) >= 11 is 0. The number of carbonyl (C=O) groups excluding carboxylic acids is 2. The van der Waals surface area contributed by atoms with Crippen LogP contribution in [0.2, 0.25) is 0 Å². The molecule has 1 amide bonds. The molecule has 0 atom stereocenters. The first-order valence-electron chi connectivity index (χ1n) is 9.25. The van der Waals surface area contributed by atoms with Crippen molar-refractivity contribution in [2.75, 3.05) is 6.54 Å². The van der Waals surface area contributed by atoms with E-state index in [2.05, 4.69) is 11.9 Å². The molecule has 0 saturated carbocycles. The van der Waals surface area contributed by atoms with Crippen LogP contribution in [0.25, 0.3) is 10.9 Å². The SMILES string of the molecule is C=C(/C=C\C=CC#N)C(=O)n1cc(CCNC(=O)OC(C)(C)C)c2ccccc21. The summed E-state index contributed by atoms with van der Waals surface area (Å²) in [6.45, 7) is 9.63. The van der Waals surface area contributed by atoms with Gasteiger partial charge in [0, 0.05) is 29.8 Å². The monoisotopic (exact) mass is 391 g/mol. The van der Waals surface area contributed by atoms with Crippen LogP contribution in [0.5, 0.6) is 0 Å². The smallest absolute Gasteiger partial charge is 0.407 e. The molecule has 1 N–H and O–H groups in total. The fraction of sp³-hybridized carbons (Fsp3) is 0.261. The number of benzene rings is 1. The van der Waals surface area contributed by atoms with Crippen molar-refractivity contribution in [3.63, 3.8) is 0 Å². The number of fused-ring (bicyclic) bond motifs is 1. The standard InChI is InChI=1S/C23H25N3O3/c1-17(10-6-5-9-14-24)21(27)26-16-18(19-11-7-8-12-20(19)26)13-15-25-22(28)29-23(2,3)4/h5-12,16H,1,13,15H2,2-4H3,(H,25,28)/b9-5?,10-6-. The van der Waals surface area contributed by atoms with E-state index >= 15 is 0 Å². The Morgan fingerprint density at radius 3 is 2.69 bits per heavy atom. The number of nitrogens with one attached hydrogen (secondary N) is 1. The molecule has 0 bridgehead atoms. The summed E-state index contributed by atoms with van der Waals surface area (Å²) in [5.74, 6) is -0.255. The number of para-hydroxylation sites is 1. The van der Waals surface area contributed by atoms with Gasteiger partial charge in [-0.3, -0.25) is 9.36 Å². The van der Waals surface area contributed by atoms with Crippen LogP contribution in [0.15, 0.2) is 66.9 Å². The molecule has 0 saturated heterocycles. The first kappa shape index (κ1) is 21.7. The number of allylic oxidation sites excluding steroid dienone is 5. The Morgan fingerprint density at radius 1 is 1.28 bits per heavy atom. The van der Waals surface area contributed by atoms with Gasteiger partial charge in [-0.05, 0) is 38.8 Å². The number of nitrogens with zero attached hydrogens (tertiary/aromatic N) is 2. The zero-order valence-electron chi connectivity index (χ0n) is 16.9. The Labute approximate surface area is 170 Å². The summed E-state index contributed by atoms with van der Waals surface area (Å²) < 4.78 is 6.79. The average molecular weight is 391 g/mol. The second-order valence-corrected chi connectivity index (χ2v) is 7.40. The first-order chi connectivity index (χ1) is 13.7.